The first-order valence-corrected chi connectivity index (χ1v) is 10.9. The van der Waals surface area contributed by atoms with E-state index in [1.54, 1.807) is 36.4 Å². The Morgan fingerprint density at radius 1 is 1.00 bits per heavy atom. The first-order valence-electron chi connectivity index (χ1n) is 9.48. The SMILES string of the molecule is COS(=O)(=O)c1ccc(C)cc1C1Cc2c(cccc2-c2ccccc2C(F)(F)F)O1. The molecule has 31 heavy (non-hydrogen) atoms. The second-order valence-electron chi connectivity index (χ2n) is 7.30. The van der Waals surface area contributed by atoms with Gasteiger partial charge in [0.15, 0.2) is 0 Å². The number of aryl methyl sites for hydroxylation is 1. The van der Waals surface area contributed by atoms with Gasteiger partial charge in [-0.05, 0) is 36.2 Å². The summed E-state index contributed by atoms with van der Waals surface area (Å²) in [4.78, 5) is -0.0179. The molecule has 0 aliphatic carbocycles. The highest BCUT2D eigenvalue weighted by atomic mass is 32.2. The van der Waals surface area contributed by atoms with E-state index >= 15 is 0 Å². The van der Waals surface area contributed by atoms with E-state index in [1.165, 1.54) is 18.2 Å². The number of rotatable bonds is 4. The lowest BCUT2D eigenvalue weighted by Gasteiger charge is -2.16. The van der Waals surface area contributed by atoms with E-state index in [0.29, 0.717) is 22.4 Å². The lowest BCUT2D eigenvalue weighted by atomic mass is 9.92. The van der Waals surface area contributed by atoms with E-state index in [1.807, 2.05) is 6.92 Å². The van der Waals surface area contributed by atoms with Crippen molar-refractivity contribution in [2.75, 3.05) is 7.11 Å². The van der Waals surface area contributed by atoms with Crippen LogP contribution in [0.5, 0.6) is 5.75 Å². The molecule has 1 heterocycles. The van der Waals surface area contributed by atoms with Crippen molar-refractivity contribution in [3.8, 4) is 16.9 Å². The predicted octanol–water partition coefficient (Wildman–Crippen LogP) is 5.69. The van der Waals surface area contributed by atoms with E-state index < -0.39 is 28.0 Å². The maximum absolute atomic E-state index is 13.6. The Balaban J connectivity index is 1.82. The molecular weight excluding hydrogens is 429 g/mol. The molecule has 0 aromatic heterocycles. The van der Waals surface area contributed by atoms with Gasteiger partial charge >= 0.3 is 6.18 Å². The van der Waals surface area contributed by atoms with Crippen molar-refractivity contribution in [1.29, 1.82) is 0 Å². The van der Waals surface area contributed by atoms with Crippen LogP contribution in [0.1, 0.15) is 28.4 Å². The summed E-state index contributed by atoms with van der Waals surface area (Å²) in [5.41, 5.74) is 1.58. The van der Waals surface area contributed by atoms with Crippen LogP contribution >= 0.6 is 0 Å². The topological polar surface area (TPSA) is 52.6 Å². The summed E-state index contributed by atoms with van der Waals surface area (Å²) in [5.74, 6) is 0.432. The standard InChI is InChI=1S/C23H19F3O4S/c1-14-10-11-22(31(27,28)29-2)18(12-14)21-13-17-15(7-5-9-20(17)30-21)16-6-3-4-8-19(16)23(24,25)26/h3-12,21H,13H2,1-2H3. The molecule has 0 fully saturated rings. The Kier molecular flexibility index (Phi) is 5.31. The van der Waals surface area contributed by atoms with E-state index in [0.717, 1.165) is 18.7 Å². The summed E-state index contributed by atoms with van der Waals surface area (Å²) in [6, 6.07) is 15.1. The predicted molar refractivity (Wildman–Crippen MR) is 109 cm³/mol. The van der Waals surface area contributed by atoms with E-state index in [-0.39, 0.29) is 16.9 Å². The molecule has 162 valence electrons. The molecule has 8 heteroatoms. The van der Waals surface area contributed by atoms with Gasteiger partial charge in [-0.15, -0.1) is 0 Å². The lowest BCUT2D eigenvalue weighted by molar-refractivity contribution is -0.137. The largest absolute Gasteiger partial charge is 0.485 e. The number of hydrogen-bond donors (Lipinski definition) is 0. The van der Waals surface area contributed by atoms with Crippen molar-refractivity contribution < 1.29 is 30.5 Å². The van der Waals surface area contributed by atoms with Gasteiger partial charge in [0.05, 0.1) is 12.7 Å². The van der Waals surface area contributed by atoms with Crippen LogP contribution in [-0.4, -0.2) is 15.5 Å². The first-order chi connectivity index (χ1) is 14.6. The molecule has 1 unspecified atom stereocenters. The zero-order valence-corrected chi connectivity index (χ0v) is 17.5. The number of benzene rings is 3. The van der Waals surface area contributed by atoms with Gasteiger partial charge in [-0.2, -0.15) is 21.6 Å². The molecule has 0 spiro atoms. The minimum Gasteiger partial charge on any atom is -0.485 e. The van der Waals surface area contributed by atoms with Crippen LogP contribution in [-0.2, 0) is 26.9 Å². The molecule has 4 rings (SSSR count). The third-order valence-corrected chi connectivity index (χ3v) is 6.66. The molecule has 0 bridgehead atoms. The molecule has 3 aromatic carbocycles. The van der Waals surface area contributed by atoms with Crippen molar-refractivity contribution >= 4 is 10.1 Å². The molecule has 3 aromatic rings. The van der Waals surface area contributed by atoms with Crippen LogP contribution in [0.2, 0.25) is 0 Å². The third-order valence-electron chi connectivity index (χ3n) is 5.32. The van der Waals surface area contributed by atoms with Crippen LogP contribution in [0.4, 0.5) is 13.2 Å². The lowest BCUT2D eigenvalue weighted by Crippen LogP contribution is -2.12. The van der Waals surface area contributed by atoms with Crippen molar-refractivity contribution in [3.05, 3.63) is 82.9 Å². The molecule has 1 aliphatic rings. The van der Waals surface area contributed by atoms with Crippen LogP contribution in [0.3, 0.4) is 0 Å². The highest BCUT2D eigenvalue weighted by molar-refractivity contribution is 7.86. The van der Waals surface area contributed by atoms with Crippen molar-refractivity contribution in [2.45, 2.75) is 30.5 Å². The summed E-state index contributed by atoms with van der Waals surface area (Å²) in [5, 5.41) is 0. The summed E-state index contributed by atoms with van der Waals surface area (Å²) >= 11 is 0. The zero-order valence-electron chi connectivity index (χ0n) is 16.7. The number of halogens is 3. The fourth-order valence-corrected chi connectivity index (χ4v) is 4.79. The molecule has 0 N–H and O–H groups in total. The summed E-state index contributed by atoms with van der Waals surface area (Å²) in [6.45, 7) is 1.82. The van der Waals surface area contributed by atoms with Crippen molar-refractivity contribution in [2.24, 2.45) is 0 Å². The minimum absolute atomic E-state index is 0.0179. The monoisotopic (exact) mass is 448 g/mol. The Morgan fingerprint density at radius 3 is 2.42 bits per heavy atom. The zero-order chi connectivity index (χ0) is 22.4. The highest BCUT2D eigenvalue weighted by Gasteiger charge is 2.36. The Hall–Kier alpha value is -2.84. The maximum atomic E-state index is 13.6. The quantitative estimate of drug-likeness (QED) is 0.481. The van der Waals surface area contributed by atoms with E-state index in [2.05, 4.69) is 4.18 Å². The molecule has 0 saturated carbocycles. The smallest absolute Gasteiger partial charge is 0.417 e. The van der Waals surface area contributed by atoms with Gasteiger partial charge in [0.25, 0.3) is 10.1 Å². The fraction of sp³-hybridized carbons (Fsp3) is 0.217. The molecule has 1 aliphatic heterocycles. The van der Waals surface area contributed by atoms with E-state index in [4.69, 9.17) is 4.74 Å². The molecule has 1 atom stereocenters. The first kappa shape index (κ1) is 21.4. The minimum atomic E-state index is -4.51. The molecule has 0 radical (unpaired) electrons. The second-order valence-corrected chi connectivity index (χ2v) is 8.98. The van der Waals surface area contributed by atoms with Crippen LogP contribution in [0.15, 0.2) is 65.6 Å². The normalized spacial score (nSPS) is 16.1. The third kappa shape index (κ3) is 3.93. The average Bonchev–Trinajstić information content (AvgIpc) is 3.17. The molecule has 0 saturated heterocycles. The van der Waals surface area contributed by atoms with Gasteiger partial charge in [-0.3, -0.25) is 4.18 Å². The Labute approximate surface area is 178 Å². The van der Waals surface area contributed by atoms with Crippen molar-refractivity contribution in [3.63, 3.8) is 0 Å². The van der Waals surface area contributed by atoms with Gasteiger partial charge in [-0.1, -0.05) is 48.0 Å². The summed E-state index contributed by atoms with van der Waals surface area (Å²) in [6.07, 6.45) is -4.95. The van der Waals surface area contributed by atoms with Gasteiger partial charge in [0, 0.05) is 17.5 Å². The number of ether oxygens (including phenoxy) is 1. The average molecular weight is 448 g/mol. The molecule has 0 amide bonds. The van der Waals surface area contributed by atoms with Gasteiger partial charge in [0.1, 0.15) is 16.7 Å². The van der Waals surface area contributed by atoms with Gasteiger partial charge < -0.3 is 4.74 Å². The Morgan fingerprint density at radius 2 is 1.71 bits per heavy atom. The number of fused-ring (bicyclic) bond motifs is 1. The molecular formula is C23H19F3O4S. The fourth-order valence-electron chi connectivity index (χ4n) is 3.89. The second kappa shape index (κ2) is 7.69. The number of alkyl halides is 3. The van der Waals surface area contributed by atoms with Crippen LogP contribution in [0.25, 0.3) is 11.1 Å². The molecule has 4 nitrogen and oxygen atoms in total. The number of hydrogen-bond acceptors (Lipinski definition) is 4. The van der Waals surface area contributed by atoms with Gasteiger partial charge in [0.2, 0.25) is 0 Å². The van der Waals surface area contributed by atoms with E-state index in [9.17, 15) is 21.6 Å². The van der Waals surface area contributed by atoms with Crippen LogP contribution < -0.4 is 4.74 Å². The van der Waals surface area contributed by atoms with Crippen LogP contribution in [0, 0.1) is 6.92 Å². The van der Waals surface area contributed by atoms with Crippen molar-refractivity contribution in [1.82, 2.24) is 0 Å². The maximum Gasteiger partial charge on any atom is 0.417 e. The van der Waals surface area contributed by atoms with Gasteiger partial charge in [-0.25, -0.2) is 0 Å². The summed E-state index contributed by atoms with van der Waals surface area (Å²) in [7, 11) is -2.91. The summed E-state index contributed by atoms with van der Waals surface area (Å²) < 4.78 is 76.2. The Bertz CT molecular complexity index is 1250. The highest BCUT2D eigenvalue weighted by Crippen LogP contribution is 2.46.